The highest BCUT2D eigenvalue weighted by atomic mass is 16.5. The summed E-state index contributed by atoms with van der Waals surface area (Å²) in [6.07, 6.45) is 0. The fraction of sp³-hybridized carbons (Fsp3) is 0.286. The fourth-order valence-electron chi connectivity index (χ4n) is 1.99. The Hall–Kier alpha value is -2.70. The molecular weight excluding hydrogens is 272 g/mol. The minimum Gasteiger partial charge on any atom is -0.497 e. The Morgan fingerprint density at radius 3 is 2.57 bits per heavy atom. The molecule has 0 aliphatic rings. The van der Waals surface area contributed by atoms with Crippen molar-refractivity contribution in [1.29, 1.82) is 0 Å². The first-order chi connectivity index (χ1) is 9.97. The lowest BCUT2D eigenvalue weighted by atomic mass is 10.1. The van der Waals surface area contributed by atoms with Gasteiger partial charge in [0.05, 0.1) is 31.2 Å². The van der Waals surface area contributed by atoms with Gasteiger partial charge in [-0.25, -0.2) is 0 Å². The van der Waals surface area contributed by atoms with Crippen LogP contribution < -0.4 is 20.5 Å². The van der Waals surface area contributed by atoms with Gasteiger partial charge in [0.1, 0.15) is 11.5 Å². The van der Waals surface area contributed by atoms with Gasteiger partial charge in [0, 0.05) is 7.05 Å². The van der Waals surface area contributed by atoms with Gasteiger partial charge in [-0.05, 0) is 25.1 Å². The van der Waals surface area contributed by atoms with Gasteiger partial charge in [0.25, 0.3) is 5.91 Å². The van der Waals surface area contributed by atoms with Gasteiger partial charge in [-0.3, -0.25) is 9.48 Å². The van der Waals surface area contributed by atoms with Crippen molar-refractivity contribution in [3.8, 4) is 11.5 Å². The molecule has 7 nitrogen and oxygen atoms in total. The van der Waals surface area contributed by atoms with E-state index in [9.17, 15) is 4.79 Å². The number of nitrogen functional groups attached to an aromatic ring is 1. The second-order valence-corrected chi connectivity index (χ2v) is 4.49. The second-order valence-electron chi connectivity index (χ2n) is 4.49. The van der Waals surface area contributed by atoms with E-state index in [4.69, 9.17) is 15.2 Å². The first kappa shape index (κ1) is 14.7. The van der Waals surface area contributed by atoms with E-state index in [1.807, 2.05) is 0 Å². The molecule has 1 amide bonds. The van der Waals surface area contributed by atoms with Crippen LogP contribution in [0.2, 0.25) is 0 Å². The van der Waals surface area contributed by atoms with Gasteiger partial charge in [-0.2, -0.15) is 5.10 Å². The number of anilines is 2. The molecule has 3 N–H and O–H groups in total. The molecule has 1 aromatic carbocycles. The second kappa shape index (κ2) is 5.74. The summed E-state index contributed by atoms with van der Waals surface area (Å²) in [7, 11) is 4.74. The van der Waals surface area contributed by atoms with E-state index in [-0.39, 0.29) is 5.91 Å². The summed E-state index contributed by atoms with van der Waals surface area (Å²) in [6.45, 7) is 1.77. The average molecular weight is 290 g/mol. The summed E-state index contributed by atoms with van der Waals surface area (Å²) in [4.78, 5) is 12.4. The number of hydrogen-bond donors (Lipinski definition) is 2. The number of nitrogens with two attached hydrogens (primary N) is 1. The number of rotatable bonds is 4. The van der Waals surface area contributed by atoms with E-state index in [0.717, 1.165) is 0 Å². The maximum absolute atomic E-state index is 12.4. The predicted molar refractivity (Wildman–Crippen MR) is 79.9 cm³/mol. The predicted octanol–water partition coefficient (Wildman–Crippen LogP) is 1.58. The number of carbonyl (C=O) groups excluding carboxylic acids is 1. The van der Waals surface area contributed by atoms with E-state index in [0.29, 0.717) is 34.3 Å². The number of amides is 1. The van der Waals surface area contributed by atoms with Crippen LogP contribution in [0, 0.1) is 6.92 Å². The highest BCUT2D eigenvalue weighted by molar-refractivity contribution is 6.07. The van der Waals surface area contributed by atoms with Crippen LogP contribution in [0.25, 0.3) is 0 Å². The zero-order chi connectivity index (χ0) is 15.6. The molecule has 0 aliphatic heterocycles. The molecule has 0 radical (unpaired) electrons. The van der Waals surface area contributed by atoms with E-state index < -0.39 is 0 Å². The third-order valence-electron chi connectivity index (χ3n) is 3.15. The summed E-state index contributed by atoms with van der Waals surface area (Å²) in [5.74, 6) is 1.11. The number of ether oxygens (including phenoxy) is 2. The highest BCUT2D eigenvalue weighted by Gasteiger charge is 2.18. The first-order valence-electron chi connectivity index (χ1n) is 6.30. The Morgan fingerprint density at radius 1 is 1.33 bits per heavy atom. The number of methoxy groups -OCH3 is 2. The van der Waals surface area contributed by atoms with Crippen LogP contribution in [-0.4, -0.2) is 29.9 Å². The van der Waals surface area contributed by atoms with Crippen LogP contribution in [0.3, 0.4) is 0 Å². The van der Waals surface area contributed by atoms with E-state index >= 15 is 0 Å². The summed E-state index contributed by atoms with van der Waals surface area (Å²) in [5, 5.41) is 6.90. The normalized spacial score (nSPS) is 10.3. The molecular formula is C14H18N4O3. The molecule has 2 aromatic rings. The molecule has 0 bridgehead atoms. The van der Waals surface area contributed by atoms with Crippen LogP contribution >= 0.6 is 0 Å². The number of carbonyl (C=O) groups is 1. The molecule has 112 valence electrons. The minimum absolute atomic E-state index is 0.347. The minimum atomic E-state index is -0.347. The largest absolute Gasteiger partial charge is 0.497 e. The molecule has 2 rings (SSSR count). The lowest BCUT2D eigenvalue weighted by Gasteiger charge is -2.11. The lowest BCUT2D eigenvalue weighted by Crippen LogP contribution is -2.16. The third-order valence-corrected chi connectivity index (χ3v) is 3.15. The number of benzene rings is 1. The number of aryl methyl sites for hydroxylation is 2. The number of aromatic nitrogens is 2. The van der Waals surface area contributed by atoms with Crippen LogP contribution in [0.15, 0.2) is 18.2 Å². The standard InChI is InChI=1S/C14H18N4O3/c1-8-12(15)13(18(2)17-8)16-14(19)10-7-9(20-3)5-6-11(10)21-4/h5-7H,15H2,1-4H3,(H,16,19). The van der Waals surface area contributed by atoms with Crippen LogP contribution in [0.5, 0.6) is 11.5 Å². The van der Waals surface area contributed by atoms with Crippen molar-refractivity contribution >= 4 is 17.4 Å². The third kappa shape index (κ3) is 2.76. The molecule has 0 atom stereocenters. The number of nitrogens with zero attached hydrogens (tertiary/aromatic N) is 2. The zero-order valence-electron chi connectivity index (χ0n) is 12.4. The van der Waals surface area contributed by atoms with Crippen molar-refractivity contribution < 1.29 is 14.3 Å². The van der Waals surface area contributed by atoms with Crippen molar-refractivity contribution in [2.45, 2.75) is 6.92 Å². The smallest absolute Gasteiger partial charge is 0.260 e. The Balaban J connectivity index is 2.36. The highest BCUT2D eigenvalue weighted by Crippen LogP contribution is 2.27. The summed E-state index contributed by atoms with van der Waals surface area (Å²) in [6, 6.07) is 5.00. The average Bonchev–Trinajstić information content (AvgIpc) is 2.72. The van der Waals surface area contributed by atoms with Crippen LogP contribution in [0.4, 0.5) is 11.5 Å². The van der Waals surface area contributed by atoms with Crippen LogP contribution in [0.1, 0.15) is 16.1 Å². The molecule has 0 fully saturated rings. The van der Waals surface area contributed by atoms with Crippen LogP contribution in [-0.2, 0) is 7.05 Å². The Labute approximate surface area is 122 Å². The molecule has 0 unspecified atom stereocenters. The van der Waals surface area contributed by atoms with Crippen molar-refractivity contribution in [2.24, 2.45) is 7.05 Å². The molecule has 0 saturated heterocycles. The summed E-state index contributed by atoms with van der Waals surface area (Å²) >= 11 is 0. The molecule has 7 heteroatoms. The lowest BCUT2D eigenvalue weighted by molar-refractivity contribution is 0.102. The van der Waals surface area contributed by atoms with Crippen molar-refractivity contribution in [2.75, 3.05) is 25.3 Å². The monoisotopic (exact) mass is 290 g/mol. The van der Waals surface area contributed by atoms with Gasteiger partial charge in [0.2, 0.25) is 0 Å². The molecule has 0 aliphatic carbocycles. The maximum Gasteiger partial charge on any atom is 0.260 e. The first-order valence-corrected chi connectivity index (χ1v) is 6.30. The van der Waals surface area contributed by atoms with Gasteiger partial charge in [-0.1, -0.05) is 0 Å². The van der Waals surface area contributed by atoms with E-state index in [1.54, 1.807) is 32.2 Å². The SMILES string of the molecule is COc1ccc(OC)c(C(=O)Nc2c(N)c(C)nn2C)c1. The summed E-state index contributed by atoms with van der Waals surface area (Å²) in [5.41, 5.74) is 7.35. The Bertz CT molecular complexity index is 679. The number of hydrogen-bond acceptors (Lipinski definition) is 5. The number of nitrogens with one attached hydrogen (secondary N) is 1. The topological polar surface area (TPSA) is 91.4 Å². The van der Waals surface area contributed by atoms with Crippen molar-refractivity contribution in [3.63, 3.8) is 0 Å². The van der Waals surface area contributed by atoms with Gasteiger partial charge in [-0.15, -0.1) is 0 Å². The van der Waals surface area contributed by atoms with E-state index in [1.165, 1.54) is 18.9 Å². The molecule has 1 heterocycles. The van der Waals surface area contributed by atoms with E-state index in [2.05, 4.69) is 10.4 Å². The molecule has 0 spiro atoms. The zero-order valence-corrected chi connectivity index (χ0v) is 12.4. The molecule has 21 heavy (non-hydrogen) atoms. The van der Waals surface area contributed by atoms with Gasteiger partial charge < -0.3 is 20.5 Å². The van der Waals surface area contributed by atoms with Crippen molar-refractivity contribution in [3.05, 3.63) is 29.5 Å². The maximum atomic E-state index is 12.4. The molecule has 0 saturated carbocycles. The fourth-order valence-corrected chi connectivity index (χ4v) is 1.99. The van der Waals surface area contributed by atoms with Gasteiger partial charge in [0.15, 0.2) is 5.82 Å². The van der Waals surface area contributed by atoms with Gasteiger partial charge >= 0.3 is 0 Å². The molecule has 1 aromatic heterocycles. The van der Waals surface area contributed by atoms with Crippen molar-refractivity contribution in [1.82, 2.24) is 9.78 Å². The summed E-state index contributed by atoms with van der Waals surface area (Å²) < 4.78 is 11.9. The Kier molecular flexibility index (Phi) is 4.02. The Morgan fingerprint density at radius 2 is 2.05 bits per heavy atom. The quantitative estimate of drug-likeness (QED) is 0.892.